The van der Waals surface area contributed by atoms with Crippen LogP contribution in [0.2, 0.25) is 0 Å². The van der Waals surface area contributed by atoms with E-state index < -0.39 is 42.3 Å². The van der Waals surface area contributed by atoms with Gasteiger partial charge in [0, 0.05) is 7.11 Å². The van der Waals surface area contributed by atoms with E-state index in [0.29, 0.717) is 6.61 Å². The summed E-state index contributed by atoms with van der Waals surface area (Å²) in [5, 5.41) is 10.5. The molecule has 7 nitrogen and oxygen atoms in total. The van der Waals surface area contributed by atoms with E-state index in [-0.39, 0.29) is 6.10 Å². The van der Waals surface area contributed by atoms with Gasteiger partial charge in [0.2, 0.25) is 0 Å². The number of ether oxygens (including phenoxy) is 6. The predicted octanol–water partition coefficient (Wildman–Crippen LogP) is 0.390. The minimum atomic E-state index is -0.959. The van der Waals surface area contributed by atoms with Gasteiger partial charge in [0.15, 0.2) is 17.9 Å². The highest BCUT2D eigenvalue weighted by Crippen LogP contribution is 2.40. The molecule has 3 fully saturated rings. The number of aliphatic hydroxyl groups excluding tert-OH is 1. The topological polar surface area (TPSA) is 75.6 Å². The second-order valence-corrected chi connectivity index (χ2v) is 6.63. The molecular weight excluding hydrogens is 280 g/mol. The van der Waals surface area contributed by atoms with Gasteiger partial charge in [0.05, 0.1) is 6.61 Å². The lowest BCUT2D eigenvalue weighted by molar-refractivity contribution is -0.340. The number of aliphatic hydroxyl groups is 1. The summed E-state index contributed by atoms with van der Waals surface area (Å²) in [7, 11) is 1.48. The molecule has 122 valence electrons. The highest BCUT2D eigenvalue weighted by molar-refractivity contribution is 5.00. The van der Waals surface area contributed by atoms with Crippen LogP contribution in [0.25, 0.3) is 0 Å². The highest BCUT2D eigenvalue weighted by Gasteiger charge is 2.58. The number of rotatable bonds is 1. The fourth-order valence-electron chi connectivity index (χ4n) is 3.15. The minimum Gasteiger partial charge on any atom is -0.385 e. The first kappa shape index (κ1) is 15.6. The van der Waals surface area contributed by atoms with Gasteiger partial charge in [-0.25, -0.2) is 0 Å². The molecule has 3 heterocycles. The van der Waals surface area contributed by atoms with Gasteiger partial charge in [0.1, 0.15) is 30.5 Å². The molecule has 0 spiro atoms. The smallest absolute Gasteiger partial charge is 0.186 e. The summed E-state index contributed by atoms with van der Waals surface area (Å²) in [5.74, 6) is -1.52. The Morgan fingerprint density at radius 1 is 0.952 bits per heavy atom. The van der Waals surface area contributed by atoms with Crippen molar-refractivity contribution < 1.29 is 33.5 Å². The second-order valence-electron chi connectivity index (χ2n) is 6.63. The summed E-state index contributed by atoms with van der Waals surface area (Å²) in [5.41, 5.74) is 0. The lowest BCUT2D eigenvalue weighted by Gasteiger charge is -2.42. The molecule has 0 aromatic rings. The van der Waals surface area contributed by atoms with Crippen LogP contribution in [-0.4, -0.2) is 67.2 Å². The number of fused-ring (bicyclic) bond motifs is 3. The van der Waals surface area contributed by atoms with Gasteiger partial charge in [-0.05, 0) is 27.7 Å². The van der Waals surface area contributed by atoms with E-state index in [9.17, 15) is 5.11 Å². The van der Waals surface area contributed by atoms with Gasteiger partial charge in [-0.1, -0.05) is 0 Å². The van der Waals surface area contributed by atoms with Gasteiger partial charge in [-0.3, -0.25) is 0 Å². The maximum Gasteiger partial charge on any atom is 0.186 e. The molecule has 0 aromatic heterocycles. The molecule has 1 N–H and O–H groups in total. The zero-order valence-corrected chi connectivity index (χ0v) is 13.1. The molecule has 21 heavy (non-hydrogen) atoms. The summed E-state index contributed by atoms with van der Waals surface area (Å²) in [6.45, 7) is 7.66. The summed E-state index contributed by atoms with van der Waals surface area (Å²) >= 11 is 0. The SMILES string of the molecule is CO[C@@H]1OC2COC(C)(C)O[C@H]2[C@@H]2OC(C)(C)OC2C1O. The van der Waals surface area contributed by atoms with E-state index in [1.165, 1.54) is 7.11 Å². The first-order chi connectivity index (χ1) is 9.72. The van der Waals surface area contributed by atoms with Crippen LogP contribution in [-0.2, 0) is 28.4 Å². The third kappa shape index (κ3) is 2.84. The Balaban J connectivity index is 1.92. The highest BCUT2D eigenvalue weighted by atomic mass is 16.8. The standard InChI is InChI=1S/C14H24O7/c1-13(2)17-6-7-9(19-13)11-10(20-14(3,4)21-11)8(15)12(16-5)18-7/h7-12,15H,6H2,1-5H3/t7?,8?,9-,10?,11+,12-/m1/s1. The molecule has 3 rings (SSSR count). The first-order valence-electron chi connectivity index (χ1n) is 7.26. The van der Waals surface area contributed by atoms with E-state index in [1.807, 2.05) is 27.7 Å². The molecule has 3 unspecified atom stereocenters. The first-order valence-corrected chi connectivity index (χ1v) is 7.26. The Morgan fingerprint density at radius 3 is 2.24 bits per heavy atom. The molecule has 3 saturated heterocycles. The molecule has 6 atom stereocenters. The Bertz CT molecular complexity index is 397. The van der Waals surface area contributed by atoms with E-state index in [2.05, 4.69) is 0 Å². The van der Waals surface area contributed by atoms with Crippen molar-refractivity contribution in [2.24, 2.45) is 0 Å². The Hall–Kier alpha value is -0.280. The van der Waals surface area contributed by atoms with Gasteiger partial charge in [-0.15, -0.1) is 0 Å². The molecule has 0 aromatic carbocycles. The van der Waals surface area contributed by atoms with Crippen molar-refractivity contribution in [3.63, 3.8) is 0 Å². The minimum absolute atomic E-state index is 0.344. The van der Waals surface area contributed by atoms with Crippen LogP contribution in [0.4, 0.5) is 0 Å². The van der Waals surface area contributed by atoms with Crippen LogP contribution < -0.4 is 0 Å². The molecule has 7 heteroatoms. The third-order valence-corrected chi connectivity index (χ3v) is 4.03. The van der Waals surface area contributed by atoms with Crippen molar-refractivity contribution in [2.45, 2.75) is 76.1 Å². The van der Waals surface area contributed by atoms with Crippen molar-refractivity contribution >= 4 is 0 Å². The average molecular weight is 304 g/mol. The monoisotopic (exact) mass is 304 g/mol. The molecule has 0 radical (unpaired) electrons. The number of methoxy groups -OCH3 is 1. The van der Waals surface area contributed by atoms with Gasteiger partial charge in [-0.2, -0.15) is 0 Å². The third-order valence-electron chi connectivity index (χ3n) is 4.03. The molecule has 0 saturated carbocycles. The maximum atomic E-state index is 10.5. The van der Waals surface area contributed by atoms with Crippen LogP contribution in [0.3, 0.4) is 0 Å². The van der Waals surface area contributed by atoms with E-state index in [1.54, 1.807) is 0 Å². The quantitative estimate of drug-likeness (QED) is 0.751. The normalized spacial score (nSPS) is 48.3. The Labute approximate surface area is 124 Å². The zero-order chi connectivity index (χ0) is 15.4. The van der Waals surface area contributed by atoms with Crippen LogP contribution in [0.15, 0.2) is 0 Å². The van der Waals surface area contributed by atoms with E-state index in [0.717, 1.165) is 0 Å². The maximum absolute atomic E-state index is 10.5. The summed E-state index contributed by atoms with van der Waals surface area (Å²) < 4.78 is 34.5. The van der Waals surface area contributed by atoms with Crippen molar-refractivity contribution in [3.05, 3.63) is 0 Å². The van der Waals surface area contributed by atoms with E-state index in [4.69, 9.17) is 28.4 Å². The lowest BCUT2D eigenvalue weighted by Crippen LogP contribution is -2.55. The van der Waals surface area contributed by atoms with Gasteiger partial charge in [0.25, 0.3) is 0 Å². The number of hydrogen-bond acceptors (Lipinski definition) is 7. The molecule has 0 bridgehead atoms. The number of hydrogen-bond donors (Lipinski definition) is 1. The fraction of sp³-hybridized carbons (Fsp3) is 1.00. The van der Waals surface area contributed by atoms with Crippen LogP contribution in [0.5, 0.6) is 0 Å². The second kappa shape index (κ2) is 5.13. The largest absolute Gasteiger partial charge is 0.385 e. The summed E-state index contributed by atoms with van der Waals surface area (Å²) in [4.78, 5) is 0. The fourth-order valence-corrected chi connectivity index (χ4v) is 3.15. The van der Waals surface area contributed by atoms with Crippen molar-refractivity contribution in [1.82, 2.24) is 0 Å². The molecule has 0 amide bonds. The summed E-state index contributed by atoms with van der Waals surface area (Å²) in [6, 6.07) is 0. The van der Waals surface area contributed by atoms with Gasteiger partial charge < -0.3 is 33.5 Å². The van der Waals surface area contributed by atoms with Gasteiger partial charge >= 0.3 is 0 Å². The van der Waals surface area contributed by atoms with Crippen molar-refractivity contribution in [1.29, 1.82) is 0 Å². The Morgan fingerprint density at radius 2 is 1.57 bits per heavy atom. The molecule has 3 aliphatic heterocycles. The lowest BCUT2D eigenvalue weighted by atomic mass is 10.00. The zero-order valence-electron chi connectivity index (χ0n) is 13.1. The average Bonchev–Trinajstić information content (AvgIpc) is 2.67. The van der Waals surface area contributed by atoms with E-state index >= 15 is 0 Å². The Kier molecular flexibility index (Phi) is 3.81. The van der Waals surface area contributed by atoms with Crippen molar-refractivity contribution in [2.75, 3.05) is 13.7 Å². The molecule has 3 aliphatic rings. The van der Waals surface area contributed by atoms with Crippen LogP contribution in [0.1, 0.15) is 27.7 Å². The molecule has 0 aliphatic carbocycles. The summed E-state index contributed by atoms with van der Waals surface area (Å²) in [6.07, 6.45) is -3.56. The predicted molar refractivity (Wildman–Crippen MR) is 70.4 cm³/mol. The molecular formula is C14H24O7. The van der Waals surface area contributed by atoms with Crippen LogP contribution >= 0.6 is 0 Å². The van der Waals surface area contributed by atoms with Crippen molar-refractivity contribution in [3.8, 4) is 0 Å². The van der Waals surface area contributed by atoms with Crippen LogP contribution in [0, 0.1) is 0 Å².